The van der Waals surface area contributed by atoms with Gasteiger partial charge in [-0.05, 0) is 19.3 Å². The van der Waals surface area contributed by atoms with Crippen LogP contribution >= 0.6 is 0 Å². The number of hydrogen-bond acceptors (Lipinski definition) is 2. The number of nitrogens with zero attached hydrogens (tertiary/aromatic N) is 3. The zero-order valence-corrected chi connectivity index (χ0v) is 10.8. The van der Waals surface area contributed by atoms with E-state index in [9.17, 15) is 4.79 Å². The van der Waals surface area contributed by atoms with Crippen molar-refractivity contribution in [3.05, 3.63) is 36.8 Å². The van der Waals surface area contributed by atoms with Gasteiger partial charge in [0.05, 0.1) is 6.20 Å². The minimum atomic E-state index is 0.157. The number of hydrogen-bond donors (Lipinski definition) is 1. The molecule has 19 heavy (non-hydrogen) atoms. The summed E-state index contributed by atoms with van der Waals surface area (Å²) in [5, 5.41) is 7.18. The number of allylic oxidation sites excluding steroid dienone is 2. The first kappa shape index (κ1) is 12.0. The molecule has 2 aromatic heterocycles. The topological polar surface area (TPSA) is 51.3 Å². The third-order valence-electron chi connectivity index (χ3n) is 3.62. The van der Waals surface area contributed by atoms with Crippen LogP contribution in [0.5, 0.6) is 0 Å². The molecule has 1 aliphatic carbocycles. The summed E-state index contributed by atoms with van der Waals surface area (Å²) in [4.78, 5) is 12.0. The van der Waals surface area contributed by atoms with Crippen LogP contribution in [-0.2, 0) is 11.3 Å². The van der Waals surface area contributed by atoms with Crippen LogP contribution in [0.3, 0.4) is 0 Å². The highest BCUT2D eigenvalue weighted by Gasteiger charge is 2.17. The summed E-state index contributed by atoms with van der Waals surface area (Å²) in [7, 11) is 0. The standard InChI is InChI=1S/C14H18N4O/c19-14(12-4-2-1-3-5-12)15-8-9-17-10-11-18-13(17)6-7-16-18/h1-2,6-7,10-12H,3-5,8-9H2,(H,15,19). The lowest BCUT2D eigenvalue weighted by molar-refractivity contribution is -0.125. The van der Waals surface area contributed by atoms with Crippen molar-refractivity contribution in [2.45, 2.75) is 25.8 Å². The molecule has 1 amide bonds. The highest BCUT2D eigenvalue weighted by molar-refractivity contribution is 5.78. The van der Waals surface area contributed by atoms with Crippen molar-refractivity contribution in [1.82, 2.24) is 19.5 Å². The van der Waals surface area contributed by atoms with Gasteiger partial charge >= 0.3 is 0 Å². The second-order valence-electron chi connectivity index (χ2n) is 4.90. The molecule has 2 heterocycles. The summed E-state index contributed by atoms with van der Waals surface area (Å²) in [6.07, 6.45) is 12.8. The van der Waals surface area contributed by atoms with Crippen molar-refractivity contribution in [2.24, 2.45) is 5.92 Å². The maximum Gasteiger partial charge on any atom is 0.223 e. The van der Waals surface area contributed by atoms with Gasteiger partial charge < -0.3 is 9.88 Å². The summed E-state index contributed by atoms with van der Waals surface area (Å²) in [5.41, 5.74) is 1.05. The van der Waals surface area contributed by atoms with E-state index in [-0.39, 0.29) is 11.8 Å². The van der Waals surface area contributed by atoms with Crippen LogP contribution in [0.4, 0.5) is 0 Å². The predicted molar refractivity (Wildman–Crippen MR) is 72.7 cm³/mol. The van der Waals surface area contributed by atoms with Crippen molar-refractivity contribution >= 4 is 11.6 Å². The molecule has 1 unspecified atom stereocenters. The van der Waals surface area contributed by atoms with E-state index < -0.39 is 0 Å². The smallest absolute Gasteiger partial charge is 0.223 e. The van der Waals surface area contributed by atoms with E-state index in [4.69, 9.17) is 0 Å². The molecule has 0 spiro atoms. The Kier molecular flexibility index (Phi) is 3.35. The lowest BCUT2D eigenvalue weighted by Crippen LogP contribution is -2.33. The van der Waals surface area contributed by atoms with E-state index >= 15 is 0 Å². The van der Waals surface area contributed by atoms with Gasteiger partial charge in [0.2, 0.25) is 5.91 Å². The number of imidazole rings is 1. The number of carbonyl (C=O) groups excluding carboxylic acids is 1. The van der Waals surface area contributed by atoms with Crippen LogP contribution in [0.15, 0.2) is 36.8 Å². The predicted octanol–water partition coefficient (Wildman–Crippen LogP) is 1.61. The Morgan fingerprint density at radius 1 is 1.42 bits per heavy atom. The molecule has 100 valence electrons. The summed E-state index contributed by atoms with van der Waals surface area (Å²) >= 11 is 0. The maximum atomic E-state index is 12.0. The molecule has 3 rings (SSSR count). The van der Waals surface area contributed by atoms with Crippen molar-refractivity contribution in [1.29, 1.82) is 0 Å². The average molecular weight is 258 g/mol. The highest BCUT2D eigenvalue weighted by atomic mass is 16.1. The Morgan fingerprint density at radius 3 is 3.21 bits per heavy atom. The van der Waals surface area contributed by atoms with Crippen LogP contribution in [0.25, 0.3) is 5.65 Å². The average Bonchev–Trinajstić information content (AvgIpc) is 3.04. The Balaban J connectivity index is 1.51. The summed E-state index contributed by atoms with van der Waals surface area (Å²) in [6.45, 7) is 1.44. The molecule has 1 atom stereocenters. The summed E-state index contributed by atoms with van der Waals surface area (Å²) in [5.74, 6) is 0.339. The van der Waals surface area contributed by atoms with Crippen molar-refractivity contribution in [3.63, 3.8) is 0 Å². The van der Waals surface area contributed by atoms with Crippen molar-refractivity contribution in [3.8, 4) is 0 Å². The maximum absolute atomic E-state index is 12.0. The first-order valence-electron chi connectivity index (χ1n) is 6.76. The second kappa shape index (κ2) is 5.30. The van der Waals surface area contributed by atoms with E-state index in [2.05, 4.69) is 27.1 Å². The van der Waals surface area contributed by atoms with Gasteiger partial charge in [0.1, 0.15) is 5.65 Å². The largest absolute Gasteiger partial charge is 0.354 e. The molecule has 0 radical (unpaired) electrons. The van der Waals surface area contributed by atoms with Gasteiger partial charge in [-0.3, -0.25) is 4.79 Å². The van der Waals surface area contributed by atoms with E-state index in [0.29, 0.717) is 6.54 Å². The van der Waals surface area contributed by atoms with Gasteiger partial charge in [0, 0.05) is 37.5 Å². The first-order chi connectivity index (χ1) is 9.34. The van der Waals surface area contributed by atoms with Gasteiger partial charge in [-0.2, -0.15) is 5.10 Å². The Bertz CT molecular complexity index is 595. The fraction of sp³-hybridized carbons (Fsp3) is 0.429. The molecule has 5 heteroatoms. The van der Waals surface area contributed by atoms with Crippen LogP contribution in [0, 0.1) is 5.92 Å². The van der Waals surface area contributed by atoms with E-state index in [1.54, 1.807) is 6.20 Å². The van der Waals surface area contributed by atoms with Gasteiger partial charge in [-0.15, -0.1) is 0 Å². The molecule has 1 N–H and O–H groups in total. The minimum absolute atomic E-state index is 0.157. The zero-order chi connectivity index (χ0) is 13.1. The number of amides is 1. The Hall–Kier alpha value is -2.04. The van der Waals surface area contributed by atoms with Crippen LogP contribution in [-0.4, -0.2) is 26.6 Å². The lowest BCUT2D eigenvalue weighted by atomic mass is 9.94. The minimum Gasteiger partial charge on any atom is -0.354 e. The normalized spacial score (nSPS) is 18.8. The molecular weight excluding hydrogens is 240 g/mol. The molecule has 0 fully saturated rings. The third-order valence-corrected chi connectivity index (χ3v) is 3.62. The zero-order valence-electron chi connectivity index (χ0n) is 10.8. The van der Waals surface area contributed by atoms with E-state index in [1.807, 2.05) is 23.0 Å². The van der Waals surface area contributed by atoms with Gasteiger partial charge in [-0.1, -0.05) is 12.2 Å². The summed E-state index contributed by atoms with van der Waals surface area (Å²) < 4.78 is 3.92. The molecular formula is C14H18N4O. The molecule has 1 aliphatic rings. The number of rotatable bonds is 4. The number of carbonyl (C=O) groups is 1. The highest BCUT2D eigenvalue weighted by Crippen LogP contribution is 2.17. The van der Waals surface area contributed by atoms with Crippen LogP contribution < -0.4 is 5.32 Å². The second-order valence-corrected chi connectivity index (χ2v) is 4.90. The van der Waals surface area contributed by atoms with Gasteiger partial charge in [-0.25, -0.2) is 4.52 Å². The Morgan fingerprint density at radius 2 is 2.37 bits per heavy atom. The van der Waals surface area contributed by atoms with Gasteiger partial charge in [0.15, 0.2) is 0 Å². The van der Waals surface area contributed by atoms with Crippen molar-refractivity contribution < 1.29 is 4.79 Å². The molecule has 0 bridgehead atoms. The van der Waals surface area contributed by atoms with Crippen LogP contribution in [0.1, 0.15) is 19.3 Å². The van der Waals surface area contributed by atoms with Crippen LogP contribution in [0.2, 0.25) is 0 Å². The fourth-order valence-electron chi connectivity index (χ4n) is 2.53. The molecule has 5 nitrogen and oxygen atoms in total. The fourth-order valence-corrected chi connectivity index (χ4v) is 2.53. The number of nitrogens with one attached hydrogen (secondary N) is 1. The molecule has 0 aromatic carbocycles. The first-order valence-corrected chi connectivity index (χ1v) is 6.76. The number of aromatic nitrogens is 3. The lowest BCUT2D eigenvalue weighted by Gasteiger charge is -2.17. The monoisotopic (exact) mass is 258 g/mol. The molecule has 0 saturated carbocycles. The Labute approximate surface area is 111 Å². The van der Waals surface area contributed by atoms with Crippen molar-refractivity contribution in [2.75, 3.05) is 6.54 Å². The molecule has 0 saturated heterocycles. The third kappa shape index (κ3) is 2.54. The quantitative estimate of drug-likeness (QED) is 0.847. The molecule has 2 aromatic rings. The number of fused-ring (bicyclic) bond motifs is 1. The van der Waals surface area contributed by atoms with E-state index in [0.717, 1.165) is 31.5 Å². The summed E-state index contributed by atoms with van der Waals surface area (Å²) in [6, 6.07) is 1.97. The SMILES string of the molecule is O=C(NCCn1ccn2nccc12)C1CC=CCC1. The molecule has 0 aliphatic heterocycles. The van der Waals surface area contributed by atoms with E-state index in [1.165, 1.54) is 0 Å². The van der Waals surface area contributed by atoms with Gasteiger partial charge in [0.25, 0.3) is 0 Å².